The first-order chi connectivity index (χ1) is 14.3. The Kier molecular flexibility index (Phi) is 5.60. The topological polar surface area (TPSA) is 42.0 Å². The van der Waals surface area contributed by atoms with Crippen molar-refractivity contribution in [2.24, 2.45) is 0 Å². The Hall–Kier alpha value is -2.74. The average molecular weight is 461 g/mol. The van der Waals surface area contributed by atoms with Crippen molar-refractivity contribution >= 4 is 44.2 Å². The van der Waals surface area contributed by atoms with Gasteiger partial charge < -0.3 is 4.72 Å². The van der Waals surface area contributed by atoms with Gasteiger partial charge in [0.05, 0.1) is 14.6 Å². The summed E-state index contributed by atoms with van der Waals surface area (Å²) in [7, 11) is -3.21. The van der Waals surface area contributed by atoms with Gasteiger partial charge in [-0.25, -0.2) is 18.0 Å². The first-order valence-corrected chi connectivity index (χ1v) is 11.7. The molecule has 1 atom stereocenters. The van der Waals surface area contributed by atoms with Gasteiger partial charge in [0, 0.05) is 39.5 Å². The van der Waals surface area contributed by atoms with Crippen LogP contribution in [0.3, 0.4) is 0 Å². The Morgan fingerprint density at radius 1 is 1.00 bits per heavy atom. The van der Waals surface area contributed by atoms with Crippen LogP contribution >= 0.6 is 22.9 Å². The van der Waals surface area contributed by atoms with E-state index in [2.05, 4.69) is 15.6 Å². The lowest BCUT2D eigenvalue weighted by Gasteiger charge is -2.14. The third kappa shape index (κ3) is 4.23. The molecule has 0 amide bonds. The van der Waals surface area contributed by atoms with Crippen LogP contribution in [0.4, 0.5) is 14.5 Å². The minimum atomic E-state index is -3.21. The summed E-state index contributed by atoms with van der Waals surface area (Å²) in [4.78, 5) is 4.13. The Bertz CT molecular complexity index is 1310. The summed E-state index contributed by atoms with van der Waals surface area (Å²) < 4.78 is 42.7. The summed E-state index contributed by atoms with van der Waals surface area (Å²) in [6.45, 7) is 0. The number of aromatic nitrogens is 1. The highest BCUT2D eigenvalue weighted by molar-refractivity contribution is 8.01. The smallest absolute Gasteiger partial charge is 0.143 e. The second-order valence-electron chi connectivity index (χ2n) is 6.46. The predicted octanol–water partition coefficient (Wildman–Crippen LogP) is 6.51. The van der Waals surface area contributed by atoms with Crippen molar-refractivity contribution in [3.63, 3.8) is 0 Å². The molecule has 152 valence electrons. The normalized spacial score (nSPS) is 13.0. The molecule has 1 aromatic heterocycles. The van der Waals surface area contributed by atoms with E-state index < -0.39 is 21.3 Å². The van der Waals surface area contributed by atoms with Crippen LogP contribution in [0.5, 0.6) is 0 Å². The number of halogens is 3. The Morgan fingerprint density at radius 2 is 1.73 bits per heavy atom. The number of anilines is 1. The molecule has 0 saturated carbocycles. The number of thiazole rings is 1. The average Bonchev–Trinajstić information content (AvgIpc) is 3.23. The predicted molar refractivity (Wildman–Crippen MR) is 122 cm³/mol. The van der Waals surface area contributed by atoms with Crippen molar-refractivity contribution in [1.29, 1.82) is 0 Å². The number of hydrogen-bond acceptors (Lipinski definition) is 3. The monoisotopic (exact) mass is 460 g/mol. The van der Waals surface area contributed by atoms with Crippen LogP contribution in [-0.4, -0.2) is 15.1 Å². The molecular formula is C22H15ClF2N2OS2. The molecule has 4 rings (SSSR count). The summed E-state index contributed by atoms with van der Waals surface area (Å²) in [5.74, 6) is 1.93. The fraction of sp³-hybridized carbons (Fsp3) is 0. The van der Waals surface area contributed by atoms with Crippen LogP contribution in [0.25, 0.3) is 21.7 Å². The highest BCUT2D eigenvalue weighted by Crippen LogP contribution is 2.34. The SMILES string of the molecule is C=S(=O)(Nc1ccc(-c2cc(-c3nccs3)ccc2Cl)cc1)c1ccc(F)cc1F. The van der Waals surface area contributed by atoms with E-state index >= 15 is 0 Å². The molecule has 1 N–H and O–H groups in total. The van der Waals surface area contributed by atoms with E-state index in [4.69, 9.17) is 11.6 Å². The number of nitrogens with one attached hydrogen (secondary N) is 1. The molecule has 0 bridgehead atoms. The standard InChI is InChI=1S/C22H15ClF2N2OS2/c1-30(28,21-9-5-16(24)13-20(21)25)27-17-6-2-14(3-7-17)18-12-15(4-8-19(18)23)22-26-10-11-29-22/h2-13H,1H2,(H,27,28). The highest BCUT2D eigenvalue weighted by Gasteiger charge is 2.15. The van der Waals surface area contributed by atoms with Crippen LogP contribution < -0.4 is 4.72 Å². The molecule has 4 aromatic rings. The summed E-state index contributed by atoms with van der Waals surface area (Å²) in [6, 6.07) is 15.6. The molecule has 30 heavy (non-hydrogen) atoms. The van der Waals surface area contributed by atoms with Crippen LogP contribution in [0.1, 0.15) is 0 Å². The van der Waals surface area contributed by atoms with Crippen molar-refractivity contribution in [2.75, 3.05) is 4.72 Å². The van der Waals surface area contributed by atoms with Gasteiger partial charge in [0.1, 0.15) is 16.6 Å². The van der Waals surface area contributed by atoms with Crippen LogP contribution in [0.2, 0.25) is 5.02 Å². The molecular weight excluding hydrogens is 446 g/mol. The number of rotatable bonds is 5. The molecule has 3 nitrogen and oxygen atoms in total. The molecule has 0 saturated heterocycles. The zero-order valence-corrected chi connectivity index (χ0v) is 17.8. The number of hydrogen-bond donors (Lipinski definition) is 1. The molecule has 0 aliphatic carbocycles. The van der Waals surface area contributed by atoms with Gasteiger partial charge in [-0.1, -0.05) is 29.8 Å². The van der Waals surface area contributed by atoms with E-state index in [1.807, 2.05) is 35.7 Å². The van der Waals surface area contributed by atoms with Gasteiger partial charge in [-0.3, -0.25) is 0 Å². The van der Waals surface area contributed by atoms with Crippen LogP contribution in [0, 0.1) is 11.6 Å². The van der Waals surface area contributed by atoms with Gasteiger partial charge >= 0.3 is 0 Å². The quantitative estimate of drug-likeness (QED) is 0.345. The van der Waals surface area contributed by atoms with Gasteiger partial charge in [0.2, 0.25) is 0 Å². The summed E-state index contributed by atoms with van der Waals surface area (Å²) >= 11 is 7.93. The maximum absolute atomic E-state index is 14.0. The van der Waals surface area contributed by atoms with Crippen molar-refractivity contribution in [3.05, 3.63) is 88.9 Å². The first kappa shape index (κ1) is 20.5. The number of nitrogens with zero attached hydrogens (tertiary/aromatic N) is 1. The van der Waals surface area contributed by atoms with Crippen molar-refractivity contribution in [1.82, 2.24) is 4.98 Å². The molecule has 1 unspecified atom stereocenters. The van der Waals surface area contributed by atoms with E-state index in [9.17, 15) is 13.0 Å². The summed E-state index contributed by atoms with van der Waals surface area (Å²) in [5, 5.41) is 3.39. The van der Waals surface area contributed by atoms with E-state index in [1.54, 1.807) is 18.3 Å². The molecule has 1 heterocycles. The van der Waals surface area contributed by atoms with Crippen molar-refractivity contribution in [2.45, 2.75) is 4.90 Å². The lowest BCUT2D eigenvalue weighted by atomic mass is 10.0. The molecule has 0 spiro atoms. The highest BCUT2D eigenvalue weighted by atomic mass is 35.5. The largest absolute Gasteiger partial charge is 0.309 e. The molecule has 0 fully saturated rings. The van der Waals surface area contributed by atoms with Gasteiger partial charge in [0.15, 0.2) is 0 Å². The maximum Gasteiger partial charge on any atom is 0.143 e. The van der Waals surface area contributed by atoms with E-state index in [1.165, 1.54) is 11.3 Å². The minimum absolute atomic E-state index is 0.188. The van der Waals surface area contributed by atoms with Gasteiger partial charge in [0.25, 0.3) is 0 Å². The van der Waals surface area contributed by atoms with Crippen molar-refractivity contribution < 1.29 is 13.0 Å². The third-order valence-corrected chi connectivity index (χ3v) is 7.13. The number of benzene rings is 3. The Labute approximate surface area is 182 Å². The molecule has 0 aliphatic rings. The molecule has 3 aromatic carbocycles. The fourth-order valence-corrected chi connectivity index (χ4v) is 5.10. The molecule has 8 heteroatoms. The first-order valence-electron chi connectivity index (χ1n) is 8.73. The van der Waals surface area contributed by atoms with Crippen molar-refractivity contribution in [3.8, 4) is 21.7 Å². The van der Waals surface area contributed by atoms with E-state index in [0.717, 1.165) is 33.8 Å². The lowest BCUT2D eigenvalue weighted by Crippen LogP contribution is -2.14. The Morgan fingerprint density at radius 3 is 2.40 bits per heavy atom. The minimum Gasteiger partial charge on any atom is -0.309 e. The molecule has 0 aliphatic heterocycles. The zero-order valence-electron chi connectivity index (χ0n) is 15.4. The summed E-state index contributed by atoms with van der Waals surface area (Å²) in [5.41, 5.74) is 3.12. The molecule has 0 radical (unpaired) electrons. The fourth-order valence-electron chi connectivity index (χ4n) is 2.95. The second kappa shape index (κ2) is 8.18. The third-order valence-electron chi connectivity index (χ3n) is 4.37. The second-order valence-corrected chi connectivity index (χ2v) is 9.76. The van der Waals surface area contributed by atoms with Crippen LogP contribution in [0.15, 0.2) is 77.1 Å². The van der Waals surface area contributed by atoms with Gasteiger partial charge in [-0.15, -0.1) is 11.3 Å². The van der Waals surface area contributed by atoms with Crippen LogP contribution in [-0.2, 0) is 9.71 Å². The maximum atomic E-state index is 14.0. The van der Waals surface area contributed by atoms with E-state index in [0.29, 0.717) is 16.8 Å². The lowest BCUT2D eigenvalue weighted by molar-refractivity contribution is 0.562. The zero-order chi connectivity index (χ0) is 21.3. The summed E-state index contributed by atoms with van der Waals surface area (Å²) in [6.07, 6.45) is 1.75. The van der Waals surface area contributed by atoms with E-state index in [-0.39, 0.29) is 4.90 Å². The Balaban J connectivity index is 1.61. The van der Waals surface area contributed by atoms with Gasteiger partial charge in [-0.05, 0) is 47.8 Å². The van der Waals surface area contributed by atoms with Gasteiger partial charge in [-0.2, -0.15) is 0 Å².